The molecule has 27 heavy (non-hydrogen) atoms. The summed E-state index contributed by atoms with van der Waals surface area (Å²) in [7, 11) is 1.70. The van der Waals surface area contributed by atoms with Gasteiger partial charge in [0, 0.05) is 31.2 Å². The smallest absolute Gasteiger partial charge is 0.329 e. The molecule has 0 aliphatic rings. The van der Waals surface area contributed by atoms with Crippen LogP contribution in [0, 0.1) is 11.3 Å². The van der Waals surface area contributed by atoms with Crippen LogP contribution in [0.4, 0.5) is 24.7 Å². The van der Waals surface area contributed by atoms with Crippen LogP contribution in [0.5, 0.6) is 0 Å². The summed E-state index contributed by atoms with van der Waals surface area (Å²) in [4.78, 5) is 5.61. The molecule has 0 fully saturated rings. The van der Waals surface area contributed by atoms with Gasteiger partial charge in [0.1, 0.15) is 17.6 Å². The first-order chi connectivity index (χ1) is 12.7. The predicted molar refractivity (Wildman–Crippen MR) is 95.6 cm³/mol. The van der Waals surface area contributed by atoms with Crippen LogP contribution in [0.15, 0.2) is 42.7 Å². The van der Waals surface area contributed by atoms with E-state index in [4.69, 9.17) is 23.2 Å². The molecular weight excluding hydrogens is 402 g/mol. The molecule has 3 rings (SSSR count). The summed E-state index contributed by atoms with van der Waals surface area (Å²) in [6, 6.07) is 8.36. The maximum atomic E-state index is 13.0. The highest BCUT2D eigenvalue weighted by atomic mass is 35.5. The fraction of sp³-hybridized carbons (Fsp3) is 0.118. The number of aromatic nitrogens is 3. The molecule has 0 aliphatic heterocycles. The Morgan fingerprint density at radius 2 is 1.70 bits per heavy atom. The lowest BCUT2D eigenvalue weighted by Gasteiger charge is -2.21. The van der Waals surface area contributed by atoms with Crippen molar-refractivity contribution < 1.29 is 13.2 Å². The zero-order valence-corrected chi connectivity index (χ0v) is 15.2. The van der Waals surface area contributed by atoms with E-state index < -0.39 is 11.7 Å². The molecule has 0 saturated carbocycles. The summed E-state index contributed by atoms with van der Waals surface area (Å²) in [5.74, 6) is 0.390. The third-order valence-electron chi connectivity index (χ3n) is 3.75. The van der Waals surface area contributed by atoms with E-state index in [1.165, 1.54) is 10.7 Å². The minimum absolute atomic E-state index is 0.0451. The number of rotatable bonds is 3. The molecule has 0 unspecified atom stereocenters. The van der Waals surface area contributed by atoms with E-state index in [2.05, 4.69) is 10.1 Å². The maximum absolute atomic E-state index is 13.0. The van der Waals surface area contributed by atoms with Crippen molar-refractivity contribution in [2.24, 2.45) is 0 Å². The zero-order valence-electron chi connectivity index (χ0n) is 13.7. The van der Waals surface area contributed by atoms with Crippen molar-refractivity contribution >= 4 is 34.7 Å². The molecule has 1 aromatic carbocycles. The van der Waals surface area contributed by atoms with Crippen molar-refractivity contribution in [2.75, 3.05) is 11.9 Å². The van der Waals surface area contributed by atoms with Gasteiger partial charge in [-0.1, -0.05) is 23.2 Å². The van der Waals surface area contributed by atoms with Gasteiger partial charge in [-0.05, 0) is 24.3 Å². The number of pyridine rings is 1. The van der Waals surface area contributed by atoms with Crippen LogP contribution >= 0.6 is 23.2 Å². The van der Waals surface area contributed by atoms with Crippen molar-refractivity contribution in [1.29, 1.82) is 5.26 Å². The summed E-state index contributed by atoms with van der Waals surface area (Å²) in [5, 5.41) is 12.8. The SMILES string of the molecule is CN(c1ccncc1)c1cc(C#N)nn1-c1c(Cl)cc(C(F)(F)F)cc1Cl. The molecular formula is C17H10Cl2F3N5. The molecule has 0 radical (unpaired) electrons. The van der Waals surface area contributed by atoms with Crippen LogP contribution in [0.3, 0.4) is 0 Å². The van der Waals surface area contributed by atoms with Gasteiger partial charge in [-0.25, -0.2) is 4.68 Å². The van der Waals surface area contributed by atoms with Gasteiger partial charge in [-0.3, -0.25) is 4.98 Å². The monoisotopic (exact) mass is 411 g/mol. The molecule has 10 heteroatoms. The number of hydrogen-bond acceptors (Lipinski definition) is 4. The Kier molecular flexibility index (Phi) is 5.00. The maximum Gasteiger partial charge on any atom is 0.416 e. The highest BCUT2D eigenvalue weighted by Crippen LogP contribution is 2.39. The van der Waals surface area contributed by atoms with Gasteiger partial charge in [0.15, 0.2) is 5.69 Å². The van der Waals surface area contributed by atoms with Gasteiger partial charge < -0.3 is 4.90 Å². The standard InChI is InChI=1S/C17H10Cl2F3N5/c1-26(12-2-4-24-5-3-12)15-8-11(9-23)25-27(15)16-13(18)6-10(7-14(16)19)17(20,21)22/h2-8H,1H3. The van der Waals surface area contributed by atoms with Crippen molar-refractivity contribution in [1.82, 2.24) is 14.8 Å². The van der Waals surface area contributed by atoms with Crippen LogP contribution in [0.1, 0.15) is 11.3 Å². The van der Waals surface area contributed by atoms with Crippen LogP contribution in [-0.2, 0) is 6.18 Å². The van der Waals surface area contributed by atoms with E-state index in [0.717, 1.165) is 17.8 Å². The van der Waals surface area contributed by atoms with Gasteiger partial charge >= 0.3 is 6.18 Å². The largest absolute Gasteiger partial charge is 0.416 e. The number of benzene rings is 1. The summed E-state index contributed by atoms with van der Waals surface area (Å²) < 4.78 is 40.2. The second kappa shape index (κ2) is 7.10. The van der Waals surface area contributed by atoms with Gasteiger partial charge in [-0.2, -0.15) is 23.5 Å². The number of hydrogen-bond donors (Lipinski definition) is 0. The summed E-state index contributed by atoms with van der Waals surface area (Å²) in [6.45, 7) is 0. The topological polar surface area (TPSA) is 57.7 Å². The Labute approximate surface area is 162 Å². The zero-order chi connectivity index (χ0) is 19.8. The van der Waals surface area contributed by atoms with Crippen molar-refractivity contribution in [2.45, 2.75) is 6.18 Å². The van der Waals surface area contributed by atoms with E-state index in [1.54, 1.807) is 36.5 Å². The molecule has 0 atom stereocenters. The normalized spacial score (nSPS) is 11.3. The van der Waals surface area contributed by atoms with Crippen molar-refractivity contribution in [3.63, 3.8) is 0 Å². The second-order valence-corrected chi connectivity index (χ2v) is 6.28. The Morgan fingerprint density at radius 3 is 2.22 bits per heavy atom. The van der Waals surface area contributed by atoms with Gasteiger partial charge in [-0.15, -0.1) is 0 Å². The quantitative estimate of drug-likeness (QED) is 0.591. The summed E-state index contributed by atoms with van der Waals surface area (Å²) in [5.41, 5.74) is -0.158. The Hall–Kier alpha value is -2.76. The molecule has 0 aliphatic carbocycles. The second-order valence-electron chi connectivity index (χ2n) is 5.46. The molecule has 0 bridgehead atoms. The minimum atomic E-state index is -4.59. The predicted octanol–water partition coefficient (Wildman–Crippen LogP) is 5.23. The Morgan fingerprint density at radius 1 is 1.11 bits per heavy atom. The first-order valence-corrected chi connectivity index (χ1v) is 8.18. The van der Waals surface area contributed by atoms with Crippen LogP contribution < -0.4 is 4.90 Å². The van der Waals surface area contributed by atoms with Crippen molar-refractivity contribution in [3.8, 4) is 11.8 Å². The average molecular weight is 412 g/mol. The highest BCUT2D eigenvalue weighted by molar-refractivity contribution is 6.38. The minimum Gasteiger partial charge on any atom is -0.329 e. The first-order valence-electron chi connectivity index (χ1n) is 7.43. The third-order valence-corrected chi connectivity index (χ3v) is 4.33. The van der Waals surface area contributed by atoms with Gasteiger partial charge in [0.25, 0.3) is 0 Å². The van der Waals surface area contributed by atoms with Crippen LogP contribution in [0.2, 0.25) is 10.0 Å². The molecule has 2 aromatic heterocycles. The summed E-state index contributed by atoms with van der Waals surface area (Å²) >= 11 is 12.2. The van der Waals surface area contributed by atoms with Gasteiger partial charge in [0.05, 0.1) is 15.6 Å². The van der Waals surface area contributed by atoms with E-state index in [-0.39, 0.29) is 21.4 Å². The highest BCUT2D eigenvalue weighted by Gasteiger charge is 2.32. The lowest BCUT2D eigenvalue weighted by molar-refractivity contribution is -0.137. The molecule has 5 nitrogen and oxygen atoms in total. The Balaban J connectivity index is 2.19. The molecule has 0 amide bonds. The lowest BCUT2D eigenvalue weighted by Crippen LogP contribution is -2.15. The average Bonchev–Trinajstić information content (AvgIpc) is 3.04. The molecule has 3 aromatic rings. The van der Waals surface area contributed by atoms with E-state index in [0.29, 0.717) is 5.82 Å². The lowest BCUT2D eigenvalue weighted by atomic mass is 10.2. The number of nitriles is 1. The van der Waals surface area contributed by atoms with Crippen LogP contribution in [0.25, 0.3) is 5.69 Å². The van der Waals surface area contributed by atoms with E-state index in [9.17, 15) is 18.4 Å². The van der Waals surface area contributed by atoms with Crippen molar-refractivity contribution in [3.05, 3.63) is 64.0 Å². The number of anilines is 2. The first kappa shape index (κ1) is 19.0. The molecule has 0 N–H and O–H groups in total. The number of nitrogens with zero attached hydrogens (tertiary/aromatic N) is 5. The Bertz CT molecular complexity index is 1000. The van der Waals surface area contributed by atoms with E-state index >= 15 is 0 Å². The van der Waals surface area contributed by atoms with Crippen LogP contribution in [-0.4, -0.2) is 21.8 Å². The molecule has 138 valence electrons. The molecule has 0 spiro atoms. The summed E-state index contributed by atoms with van der Waals surface area (Å²) in [6.07, 6.45) is -1.43. The third kappa shape index (κ3) is 3.70. The number of alkyl halides is 3. The fourth-order valence-corrected chi connectivity index (χ4v) is 3.11. The number of halogens is 5. The molecule has 2 heterocycles. The van der Waals surface area contributed by atoms with E-state index in [1.807, 2.05) is 6.07 Å². The fourth-order valence-electron chi connectivity index (χ4n) is 2.46. The van der Waals surface area contributed by atoms with Gasteiger partial charge in [0.2, 0.25) is 0 Å². The molecule has 0 saturated heterocycles.